The maximum atomic E-state index is 14.0. The minimum atomic E-state index is -1.03. The Labute approximate surface area is 220 Å². The molecule has 3 amide bonds. The first kappa shape index (κ1) is 27.6. The minimum Gasteiger partial charge on any atom is -0.494 e. The first-order valence-electron chi connectivity index (χ1n) is 11.9. The third-order valence-corrected chi connectivity index (χ3v) is 6.76. The van der Waals surface area contributed by atoms with Crippen molar-refractivity contribution in [3.05, 3.63) is 70.5 Å². The summed E-state index contributed by atoms with van der Waals surface area (Å²) in [5.74, 6) is -1.12. The summed E-state index contributed by atoms with van der Waals surface area (Å²) in [6.07, 6.45) is 3.92. The molecule has 3 aromatic rings. The van der Waals surface area contributed by atoms with Crippen molar-refractivity contribution < 1.29 is 19.1 Å². The van der Waals surface area contributed by atoms with E-state index in [1.165, 1.54) is 4.90 Å². The monoisotopic (exact) mass is 524 g/mol. The Morgan fingerprint density at radius 2 is 1.86 bits per heavy atom. The number of carbonyl (C=O) groups excluding carboxylic acids is 3. The lowest BCUT2D eigenvalue weighted by Crippen LogP contribution is -2.50. The molecule has 11 heteroatoms. The van der Waals surface area contributed by atoms with Gasteiger partial charge in [-0.1, -0.05) is 25.1 Å². The fourth-order valence-corrected chi connectivity index (χ4v) is 4.37. The van der Waals surface area contributed by atoms with E-state index in [9.17, 15) is 14.4 Å². The van der Waals surface area contributed by atoms with Crippen LogP contribution in [0.2, 0.25) is 0 Å². The van der Waals surface area contributed by atoms with Crippen molar-refractivity contribution in [1.82, 2.24) is 19.6 Å². The molecule has 10 nitrogen and oxygen atoms in total. The van der Waals surface area contributed by atoms with Crippen molar-refractivity contribution >= 4 is 34.9 Å². The van der Waals surface area contributed by atoms with Gasteiger partial charge < -0.3 is 26.4 Å². The first-order chi connectivity index (χ1) is 17.6. The fraction of sp³-hybridized carbons (Fsp3) is 0.346. The van der Waals surface area contributed by atoms with E-state index in [1.807, 2.05) is 27.7 Å². The molecule has 0 spiro atoms. The van der Waals surface area contributed by atoms with E-state index in [4.69, 9.17) is 16.2 Å². The molecule has 0 fully saturated rings. The molecular weight excluding hydrogens is 492 g/mol. The maximum absolute atomic E-state index is 14.0. The second-order valence-corrected chi connectivity index (χ2v) is 9.84. The lowest BCUT2D eigenvalue weighted by Gasteiger charge is -2.34. The molecule has 0 saturated heterocycles. The highest BCUT2D eigenvalue weighted by Crippen LogP contribution is 2.31. The van der Waals surface area contributed by atoms with Crippen LogP contribution in [0.1, 0.15) is 71.4 Å². The van der Waals surface area contributed by atoms with Crippen LogP contribution in [0, 0.1) is 0 Å². The number of rotatable bonds is 11. The Bertz CT molecular complexity index is 1240. The van der Waals surface area contributed by atoms with Crippen LogP contribution in [0.5, 0.6) is 5.75 Å². The summed E-state index contributed by atoms with van der Waals surface area (Å²) >= 11 is 0.768. The van der Waals surface area contributed by atoms with Gasteiger partial charge in [-0.3, -0.25) is 19.4 Å². The number of nitrogen functional groups attached to an aromatic ring is 1. The van der Waals surface area contributed by atoms with Crippen molar-refractivity contribution in [3.8, 4) is 5.75 Å². The number of nitrogens with two attached hydrogens (primary N) is 2. The quantitative estimate of drug-likeness (QED) is 0.348. The lowest BCUT2D eigenvalue weighted by molar-refractivity contribution is -0.127. The summed E-state index contributed by atoms with van der Waals surface area (Å²) in [7, 11) is 0. The average Bonchev–Trinajstić information content (AvgIpc) is 3.26. The van der Waals surface area contributed by atoms with E-state index in [0.717, 1.165) is 11.5 Å². The molecule has 0 saturated carbocycles. The van der Waals surface area contributed by atoms with Crippen LogP contribution in [0.25, 0.3) is 0 Å². The average molecular weight is 525 g/mol. The number of hydrogen-bond donors (Lipinski definition) is 3. The number of nitrogens with zero attached hydrogens (tertiary/aromatic N) is 3. The number of ether oxygens (including phenoxy) is 1. The van der Waals surface area contributed by atoms with E-state index >= 15 is 0 Å². The van der Waals surface area contributed by atoms with E-state index in [1.54, 1.807) is 48.8 Å². The van der Waals surface area contributed by atoms with Crippen LogP contribution in [-0.4, -0.2) is 44.1 Å². The van der Waals surface area contributed by atoms with Crippen molar-refractivity contribution in [2.45, 2.75) is 52.2 Å². The number of pyridine rings is 1. The Morgan fingerprint density at radius 3 is 2.41 bits per heavy atom. The molecule has 0 aliphatic rings. The Kier molecular flexibility index (Phi) is 8.82. The fourth-order valence-electron chi connectivity index (χ4n) is 3.60. The zero-order valence-electron chi connectivity index (χ0n) is 21.4. The highest BCUT2D eigenvalue weighted by atomic mass is 32.1. The topological polar surface area (TPSA) is 154 Å². The molecule has 0 aliphatic carbocycles. The molecule has 0 radical (unpaired) electrons. The molecule has 5 N–H and O–H groups in total. The number of primary amides is 1. The van der Waals surface area contributed by atoms with Crippen LogP contribution in [0.15, 0.2) is 48.8 Å². The van der Waals surface area contributed by atoms with Gasteiger partial charge in [0.1, 0.15) is 16.7 Å². The van der Waals surface area contributed by atoms with Gasteiger partial charge >= 0.3 is 0 Å². The molecule has 3 rings (SSSR count). The van der Waals surface area contributed by atoms with Crippen LogP contribution in [0.4, 0.5) is 5.69 Å². The smallest absolute Gasteiger partial charge is 0.270 e. The minimum absolute atomic E-state index is 0.0242. The summed E-state index contributed by atoms with van der Waals surface area (Å²) in [5, 5.41) is 3.06. The van der Waals surface area contributed by atoms with Crippen molar-refractivity contribution in [2.75, 3.05) is 12.3 Å². The number of benzene rings is 1. The largest absolute Gasteiger partial charge is 0.494 e. The Morgan fingerprint density at radius 1 is 1.16 bits per heavy atom. The van der Waals surface area contributed by atoms with Crippen molar-refractivity contribution in [3.63, 3.8) is 0 Å². The van der Waals surface area contributed by atoms with Gasteiger partial charge in [-0.2, -0.15) is 4.37 Å². The number of anilines is 1. The van der Waals surface area contributed by atoms with Gasteiger partial charge in [-0.25, -0.2) is 0 Å². The van der Waals surface area contributed by atoms with E-state index in [2.05, 4.69) is 14.7 Å². The molecule has 196 valence electrons. The van der Waals surface area contributed by atoms with Crippen LogP contribution in [0.3, 0.4) is 0 Å². The second kappa shape index (κ2) is 11.8. The van der Waals surface area contributed by atoms with Gasteiger partial charge in [0.25, 0.3) is 11.8 Å². The summed E-state index contributed by atoms with van der Waals surface area (Å²) in [6, 6.07) is 9.53. The SMILES string of the molecule is CCOc1ccc([C@H](C(=O)NC(C)(C)CC)N(Cc2cccnc2)C(=O)c2snc(C(N)=O)c2N)cc1. The van der Waals surface area contributed by atoms with E-state index < -0.39 is 23.4 Å². The standard InChI is InChI=1S/C26H32N6O4S/c1-5-26(3,4)30-24(34)21(17-9-11-18(12-10-17)36-6-2)32(15-16-8-7-13-29-14-16)25(35)22-19(27)20(23(28)33)31-37-22/h7-14,21H,5-6,15,27H2,1-4H3,(H2,28,33)(H,30,34)/t21-/m1/s1. The van der Waals surface area contributed by atoms with Gasteiger partial charge in [0, 0.05) is 24.5 Å². The van der Waals surface area contributed by atoms with Crippen LogP contribution >= 0.6 is 11.5 Å². The third-order valence-electron chi connectivity index (χ3n) is 5.90. The zero-order chi connectivity index (χ0) is 27.2. The van der Waals surface area contributed by atoms with Crippen LogP contribution < -0.4 is 21.5 Å². The first-order valence-corrected chi connectivity index (χ1v) is 12.6. The van der Waals surface area contributed by atoms with Crippen molar-refractivity contribution in [2.24, 2.45) is 5.73 Å². The summed E-state index contributed by atoms with van der Waals surface area (Å²) in [4.78, 5) is 45.1. The molecule has 2 aromatic heterocycles. The van der Waals surface area contributed by atoms with Crippen molar-refractivity contribution in [1.29, 1.82) is 0 Å². The number of aromatic nitrogens is 2. The second-order valence-electron chi connectivity index (χ2n) is 9.06. The van der Waals surface area contributed by atoms with Gasteiger partial charge in [0.15, 0.2) is 5.69 Å². The van der Waals surface area contributed by atoms with Gasteiger partial charge in [-0.05, 0) is 68.1 Å². The molecule has 0 bridgehead atoms. The normalized spacial score (nSPS) is 12.0. The number of amides is 3. The molecule has 0 unspecified atom stereocenters. The highest BCUT2D eigenvalue weighted by Gasteiger charge is 2.36. The summed E-state index contributed by atoms with van der Waals surface area (Å²) in [6.45, 7) is 8.21. The molecule has 37 heavy (non-hydrogen) atoms. The van der Waals surface area contributed by atoms with E-state index in [0.29, 0.717) is 29.9 Å². The lowest BCUT2D eigenvalue weighted by atomic mass is 9.98. The summed E-state index contributed by atoms with van der Waals surface area (Å²) in [5.41, 5.74) is 11.9. The highest BCUT2D eigenvalue weighted by molar-refractivity contribution is 7.09. The maximum Gasteiger partial charge on any atom is 0.270 e. The Hall–Kier alpha value is -3.99. The zero-order valence-corrected chi connectivity index (χ0v) is 22.2. The summed E-state index contributed by atoms with van der Waals surface area (Å²) < 4.78 is 9.53. The molecular formula is C26H32N6O4S. The predicted octanol–water partition coefficient (Wildman–Crippen LogP) is 3.31. The van der Waals surface area contributed by atoms with E-state index in [-0.39, 0.29) is 28.7 Å². The molecule has 1 atom stereocenters. The predicted molar refractivity (Wildman–Crippen MR) is 142 cm³/mol. The number of nitrogens with one attached hydrogen (secondary N) is 1. The molecule has 1 aromatic carbocycles. The third kappa shape index (κ3) is 6.62. The van der Waals surface area contributed by atoms with Crippen LogP contribution in [-0.2, 0) is 11.3 Å². The van der Waals surface area contributed by atoms with Gasteiger partial charge in [0.2, 0.25) is 5.91 Å². The number of carbonyl (C=O) groups is 3. The number of hydrogen-bond acceptors (Lipinski definition) is 8. The van der Waals surface area contributed by atoms with Gasteiger partial charge in [0.05, 0.1) is 12.3 Å². The molecule has 0 aliphatic heterocycles. The Balaban J connectivity index is 2.14. The molecule has 2 heterocycles. The van der Waals surface area contributed by atoms with Gasteiger partial charge in [-0.15, -0.1) is 0 Å².